The average Bonchev–Trinajstić information content (AvgIpc) is 2.82. The van der Waals surface area contributed by atoms with Crippen molar-refractivity contribution in [1.29, 1.82) is 0 Å². The van der Waals surface area contributed by atoms with Crippen LogP contribution >= 0.6 is 11.3 Å². The molecule has 5 nitrogen and oxygen atoms in total. The van der Waals surface area contributed by atoms with E-state index >= 15 is 0 Å². The van der Waals surface area contributed by atoms with Crippen molar-refractivity contribution in [2.45, 2.75) is 26.7 Å². The molecule has 22 heavy (non-hydrogen) atoms. The van der Waals surface area contributed by atoms with Gasteiger partial charge in [-0.25, -0.2) is 4.98 Å². The van der Waals surface area contributed by atoms with E-state index in [9.17, 15) is 4.79 Å². The molecular formula is C16H20N2O3S. The summed E-state index contributed by atoms with van der Waals surface area (Å²) in [7, 11) is 3.15. The lowest BCUT2D eigenvalue weighted by Crippen LogP contribution is -2.12. The lowest BCUT2D eigenvalue weighted by atomic mass is 10.2. The second kappa shape index (κ2) is 7.26. The Labute approximate surface area is 134 Å². The van der Waals surface area contributed by atoms with E-state index < -0.39 is 0 Å². The third kappa shape index (κ3) is 3.98. The fourth-order valence-electron chi connectivity index (χ4n) is 2.17. The molecule has 0 radical (unpaired) electrons. The van der Waals surface area contributed by atoms with Crippen LogP contribution < -0.4 is 14.8 Å². The summed E-state index contributed by atoms with van der Waals surface area (Å²) in [6.07, 6.45) is 1.13. The molecule has 0 spiro atoms. The third-order valence-electron chi connectivity index (χ3n) is 3.25. The van der Waals surface area contributed by atoms with Crippen LogP contribution in [0.4, 0.5) is 5.69 Å². The number of methoxy groups -OCH3 is 2. The van der Waals surface area contributed by atoms with Gasteiger partial charge in [-0.1, -0.05) is 0 Å². The topological polar surface area (TPSA) is 60.5 Å². The first-order chi connectivity index (χ1) is 10.5. The highest BCUT2D eigenvalue weighted by molar-refractivity contribution is 7.11. The minimum absolute atomic E-state index is 0.0299. The number of nitrogens with zero attached hydrogens (tertiary/aromatic N) is 1. The highest BCUT2D eigenvalue weighted by Gasteiger charge is 2.10. The number of nitrogens with one attached hydrogen (secondary N) is 1. The SMILES string of the molecule is COc1ccc(NC(=O)CCc2sc(C)nc2C)cc1OC. The van der Waals surface area contributed by atoms with Crippen LogP contribution in [-0.4, -0.2) is 25.1 Å². The van der Waals surface area contributed by atoms with Crippen molar-refractivity contribution < 1.29 is 14.3 Å². The zero-order valence-corrected chi connectivity index (χ0v) is 14.0. The van der Waals surface area contributed by atoms with E-state index in [-0.39, 0.29) is 5.91 Å². The highest BCUT2D eigenvalue weighted by atomic mass is 32.1. The van der Waals surface area contributed by atoms with Crippen LogP contribution in [0.1, 0.15) is 22.0 Å². The molecule has 2 rings (SSSR count). The van der Waals surface area contributed by atoms with E-state index in [0.717, 1.165) is 10.7 Å². The molecule has 0 saturated heterocycles. The van der Waals surface area contributed by atoms with Gasteiger partial charge in [0.25, 0.3) is 0 Å². The number of amides is 1. The zero-order chi connectivity index (χ0) is 16.1. The quantitative estimate of drug-likeness (QED) is 0.886. The smallest absolute Gasteiger partial charge is 0.224 e. The predicted molar refractivity (Wildman–Crippen MR) is 88.1 cm³/mol. The molecule has 6 heteroatoms. The van der Waals surface area contributed by atoms with Crippen LogP contribution in [0.25, 0.3) is 0 Å². The molecule has 1 aromatic heterocycles. The summed E-state index contributed by atoms with van der Waals surface area (Å²) in [4.78, 5) is 17.6. The van der Waals surface area contributed by atoms with Gasteiger partial charge in [0.2, 0.25) is 5.91 Å². The molecule has 0 saturated carbocycles. The summed E-state index contributed by atoms with van der Waals surface area (Å²) in [5, 5.41) is 3.91. The number of benzene rings is 1. The predicted octanol–water partition coefficient (Wildman–Crippen LogP) is 3.35. The molecule has 0 fully saturated rings. The highest BCUT2D eigenvalue weighted by Crippen LogP contribution is 2.29. The molecule has 2 aromatic rings. The normalized spacial score (nSPS) is 10.4. The van der Waals surface area contributed by atoms with Crippen molar-refractivity contribution in [2.75, 3.05) is 19.5 Å². The van der Waals surface area contributed by atoms with Crippen LogP contribution in [0, 0.1) is 13.8 Å². The summed E-state index contributed by atoms with van der Waals surface area (Å²) in [6, 6.07) is 5.31. The first kappa shape index (κ1) is 16.3. The number of aryl methyl sites for hydroxylation is 3. The lowest BCUT2D eigenvalue weighted by molar-refractivity contribution is -0.116. The van der Waals surface area contributed by atoms with Gasteiger partial charge in [0, 0.05) is 23.1 Å². The van der Waals surface area contributed by atoms with E-state index in [4.69, 9.17) is 9.47 Å². The van der Waals surface area contributed by atoms with Gasteiger partial charge >= 0.3 is 0 Å². The number of hydrogen-bond donors (Lipinski definition) is 1. The van der Waals surface area contributed by atoms with Crippen LogP contribution in [0.15, 0.2) is 18.2 Å². The van der Waals surface area contributed by atoms with E-state index in [1.807, 2.05) is 13.8 Å². The van der Waals surface area contributed by atoms with Crippen molar-refractivity contribution in [2.24, 2.45) is 0 Å². The molecule has 0 bridgehead atoms. The van der Waals surface area contributed by atoms with Gasteiger partial charge in [0.15, 0.2) is 11.5 Å². The summed E-state index contributed by atoms with van der Waals surface area (Å²) < 4.78 is 10.4. The molecule has 1 aromatic carbocycles. The Morgan fingerprint density at radius 2 is 1.95 bits per heavy atom. The van der Waals surface area contributed by atoms with Gasteiger partial charge in [0.1, 0.15) is 0 Å². The van der Waals surface area contributed by atoms with E-state index in [1.165, 1.54) is 4.88 Å². The van der Waals surface area contributed by atoms with Gasteiger partial charge in [-0.2, -0.15) is 0 Å². The molecule has 1 amide bonds. The van der Waals surface area contributed by atoms with E-state index in [2.05, 4.69) is 10.3 Å². The fraction of sp³-hybridized carbons (Fsp3) is 0.375. The van der Waals surface area contributed by atoms with Gasteiger partial charge < -0.3 is 14.8 Å². The monoisotopic (exact) mass is 320 g/mol. The average molecular weight is 320 g/mol. The zero-order valence-electron chi connectivity index (χ0n) is 13.2. The standard InChI is InChI=1S/C16H20N2O3S/c1-10-15(22-11(2)17-10)7-8-16(19)18-12-5-6-13(20-3)14(9-12)21-4/h5-6,9H,7-8H2,1-4H3,(H,18,19). The Morgan fingerprint density at radius 1 is 1.23 bits per heavy atom. The molecule has 1 N–H and O–H groups in total. The Bertz CT molecular complexity index is 667. The molecule has 0 aliphatic rings. The Hall–Kier alpha value is -2.08. The van der Waals surface area contributed by atoms with Crippen molar-refractivity contribution in [3.05, 3.63) is 33.8 Å². The van der Waals surface area contributed by atoms with Crippen molar-refractivity contribution in [3.8, 4) is 11.5 Å². The molecule has 0 atom stereocenters. The van der Waals surface area contributed by atoms with E-state index in [1.54, 1.807) is 43.8 Å². The van der Waals surface area contributed by atoms with Crippen molar-refractivity contribution >= 4 is 22.9 Å². The molecule has 0 unspecified atom stereocenters. The largest absolute Gasteiger partial charge is 0.493 e. The Morgan fingerprint density at radius 3 is 2.55 bits per heavy atom. The Kier molecular flexibility index (Phi) is 5.38. The third-order valence-corrected chi connectivity index (χ3v) is 4.38. The summed E-state index contributed by atoms with van der Waals surface area (Å²) in [5.41, 5.74) is 1.71. The minimum Gasteiger partial charge on any atom is -0.493 e. The minimum atomic E-state index is -0.0299. The van der Waals surface area contributed by atoms with Crippen LogP contribution in [0.5, 0.6) is 11.5 Å². The number of aromatic nitrogens is 1. The maximum atomic E-state index is 12.1. The molecule has 0 aliphatic carbocycles. The van der Waals surface area contributed by atoms with Crippen molar-refractivity contribution in [3.63, 3.8) is 0 Å². The fourth-order valence-corrected chi connectivity index (χ4v) is 3.11. The summed E-state index contributed by atoms with van der Waals surface area (Å²) in [6.45, 7) is 3.95. The number of carbonyl (C=O) groups excluding carboxylic acids is 1. The van der Waals surface area contributed by atoms with Gasteiger partial charge in [-0.05, 0) is 32.4 Å². The van der Waals surface area contributed by atoms with Gasteiger partial charge in [-0.15, -0.1) is 11.3 Å². The summed E-state index contributed by atoms with van der Waals surface area (Å²) in [5.74, 6) is 1.20. The maximum Gasteiger partial charge on any atom is 0.224 e. The first-order valence-corrected chi connectivity index (χ1v) is 7.80. The molecule has 118 valence electrons. The van der Waals surface area contributed by atoms with Crippen molar-refractivity contribution in [1.82, 2.24) is 4.98 Å². The van der Waals surface area contributed by atoms with Gasteiger partial charge in [-0.3, -0.25) is 4.79 Å². The van der Waals surface area contributed by atoms with E-state index in [0.29, 0.717) is 30.0 Å². The maximum absolute atomic E-state index is 12.1. The number of carbonyl (C=O) groups is 1. The number of rotatable bonds is 6. The Balaban J connectivity index is 1.96. The number of anilines is 1. The first-order valence-electron chi connectivity index (χ1n) is 6.98. The number of thiazole rings is 1. The second-order valence-electron chi connectivity index (χ2n) is 4.86. The van der Waals surface area contributed by atoms with Crippen LogP contribution in [0.3, 0.4) is 0 Å². The number of ether oxygens (including phenoxy) is 2. The molecular weight excluding hydrogens is 300 g/mol. The molecule has 0 aliphatic heterocycles. The lowest BCUT2D eigenvalue weighted by Gasteiger charge is -2.10. The number of hydrogen-bond acceptors (Lipinski definition) is 5. The van der Waals surface area contributed by atoms with Crippen LogP contribution in [-0.2, 0) is 11.2 Å². The second-order valence-corrected chi connectivity index (χ2v) is 6.15. The summed E-state index contributed by atoms with van der Waals surface area (Å²) >= 11 is 1.65. The molecule has 1 heterocycles. The van der Waals surface area contributed by atoms with Crippen LogP contribution in [0.2, 0.25) is 0 Å². The van der Waals surface area contributed by atoms with Gasteiger partial charge in [0.05, 0.1) is 24.9 Å².